The van der Waals surface area contributed by atoms with Crippen molar-refractivity contribution in [3.63, 3.8) is 0 Å². The number of hydrogen-bond donors (Lipinski definition) is 3. The summed E-state index contributed by atoms with van der Waals surface area (Å²) in [7, 11) is 5.00. The lowest BCUT2D eigenvalue weighted by Gasteiger charge is -2.16. The number of carbonyl (C=O) groups excluding carboxylic acids is 2. The summed E-state index contributed by atoms with van der Waals surface area (Å²) in [6.45, 7) is 0.876. The molecule has 8 heteroatoms. The molecule has 0 aromatic heterocycles. The Bertz CT molecular complexity index is 915. The topological polar surface area (TPSA) is 100 Å². The monoisotopic (exact) mass is 399 g/mol. The SMILES string of the molecule is COc1ccc(NC(=O)C(=O)NCC(O)c2ccc3c(c2)CCN3C)c(OC)c1. The van der Waals surface area contributed by atoms with Crippen molar-refractivity contribution in [3.8, 4) is 11.5 Å². The van der Waals surface area contributed by atoms with Crippen molar-refractivity contribution in [1.82, 2.24) is 5.32 Å². The molecule has 8 nitrogen and oxygen atoms in total. The molecular formula is C21H25N3O5. The van der Waals surface area contributed by atoms with Crippen molar-refractivity contribution >= 4 is 23.2 Å². The number of hydrogen-bond acceptors (Lipinski definition) is 6. The van der Waals surface area contributed by atoms with Crippen LogP contribution in [0.5, 0.6) is 11.5 Å². The lowest BCUT2D eigenvalue weighted by Crippen LogP contribution is -2.37. The molecule has 2 aromatic rings. The van der Waals surface area contributed by atoms with Gasteiger partial charge >= 0.3 is 11.8 Å². The van der Waals surface area contributed by atoms with Crippen molar-refractivity contribution in [1.29, 1.82) is 0 Å². The second-order valence-electron chi connectivity index (χ2n) is 6.81. The zero-order valence-corrected chi connectivity index (χ0v) is 16.7. The van der Waals surface area contributed by atoms with Gasteiger partial charge in [-0.15, -0.1) is 0 Å². The summed E-state index contributed by atoms with van der Waals surface area (Å²) in [4.78, 5) is 26.5. The molecule has 0 spiro atoms. The van der Waals surface area contributed by atoms with Crippen LogP contribution in [0.25, 0.3) is 0 Å². The predicted octanol–water partition coefficient (Wildman–Crippen LogP) is 1.48. The number of likely N-dealkylation sites (N-methyl/N-ethyl adjacent to an activating group) is 1. The molecule has 0 bridgehead atoms. The second-order valence-corrected chi connectivity index (χ2v) is 6.81. The number of benzene rings is 2. The van der Waals surface area contributed by atoms with Gasteiger partial charge in [0.1, 0.15) is 11.5 Å². The average molecular weight is 399 g/mol. The first kappa shape index (κ1) is 20.5. The number of anilines is 2. The molecule has 29 heavy (non-hydrogen) atoms. The van der Waals surface area contributed by atoms with Crippen LogP contribution < -0.4 is 25.0 Å². The maximum absolute atomic E-state index is 12.2. The van der Waals surface area contributed by atoms with Gasteiger partial charge in [-0.05, 0) is 35.7 Å². The third-order valence-electron chi connectivity index (χ3n) is 4.94. The number of fused-ring (bicyclic) bond motifs is 1. The molecule has 1 aliphatic heterocycles. The highest BCUT2D eigenvalue weighted by molar-refractivity contribution is 6.39. The molecule has 3 rings (SSSR count). The summed E-state index contributed by atoms with van der Waals surface area (Å²) in [5, 5.41) is 15.3. The van der Waals surface area contributed by atoms with Crippen molar-refractivity contribution in [2.75, 3.05) is 44.6 Å². The van der Waals surface area contributed by atoms with E-state index in [1.807, 2.05) is 25.2 Å². The Kier molecular flexibility index (Phi) is 6.23. The van der Waals surface area contributed by atoms with Gasteiger partial charge in [-0.3, -0.25) is 9.59 Å². The molecule has 2 amide bonds. The van der Waals surface area contributed by atoms with Crippen LogP contribution in [-0.4, -0.2) is 51.3 Å². The van der Waals surface area contributed by atoms with Crippen molar-refractivity contribution in [2.24, 2.45) is 0 Å². The summed E-state index contributed by atoms with van der Waals surface area (Å²) in [5.74, 6) is -0.763. The van der Waals surface area contributed by atoms with Crippen LogP contribution in [0, 0.1) is 0 Å². The second kappa shape index (κ2) is 8.83. The van der Waals surface area contributed by atoms with Gasteiger partial charge in [-0.25, -0.2) is 0 Å². The van der Waals surface area contributed by atoms with E-state index in [0.717, 1.165) is 18.7 Å². The number of amides is 2. The normalized spacial score (nSPS) is 13.4. The van der Waals surface area contributed by atoms with Gasteiger partial charge in [0, 0.05) is 31.9 Å². The highest BCUT2D eigenvalue weighted by Crippen LogP contribution is 2.30. The fourth-order valence-electron chi connectivity index (χ4n) is 3.26. The summed E-state index contributed by atoms with van der Waals surface area (Å²) < 4.78 is 10.3. The highest BCUT2D eigenvalue weighted by atomic mass is 16.5. The van der Waals surface area contributed by atoms with E-state index < -0.39 is 17.9 Å². The highest BCUT2D eigenvalue weighted by Gasteiger charge is 2.20. The third-order valence-corrected chi connectivity index (χ3v) is 4.94. The first-order valence-corrected chi connectivity index (χ1v) is 9.26. The van der Waals surface area contributed by atoms with E-state index in [0.29, 0.717) is 22.7 Å². The quantitative estimate of drug-likeness (QED) is 0.637. The minimum atomic E-state index is -0.904. The van der Waals surface area contributed by atoms with Crippen molar-refractivity contribution < 1.29 is 24.2 Å². The molecule has 1 unspecified atom stereocenters. The first-order valence-electron chi connectivity index (χ1n) is 9.26. The molecule has 2 aromatic carbocycles. The van der Waals surface area contributed by atoms with Gasteiger partial charge < -0.3 is 30.1 Å². The number of rotatable bonds is 6. The molecule has 1 aliphatic rings. The molecular weight excluding hydrogens is 374 g/mol. The van der Waals surface area contributed by atoms with E-state index >= 15 is 0 Å². The number of carbonyl (C=O) groups is 2. The van der Waals surface area contributed by atoms with Gasteiger partial charge in [0.05, 0.1) is 26.0 Å². The molecule has 0 saturated carbocycles. The lowest BCUT2D eigenvalue weighted by atomic mass is 10.0. The lowest BCUT2D eigenvalue weighted by molar-refractivity contribution is -0.136. The molecule has 0 aliphatic carbocycles. The minimum absolute atomic E-state index is 0.0688. The Morgan fingerprint density at radius 2 is 1.93 bits per heavy atom. The summed E-state index contributed by atoms with van der Waals surface area (Å²) in [5.41, 5.74) is 3.37. The number of aliphatic hydroxyl groups excluding tert-OH is 1. The minimum Gasteiger partial charge on any atom is -0.497 e. The predicted molar refractivity (Wildman–Crippen MR) is 110 cm³/mol. The molecule has 0 saturated heterocycles. The number of nitrogens with zero attached hydrogens (tertiary/aromatic N) is 1. The molecule has 0 radical (unpaired) electrons. The van der Waals surface area contributed by atoms with Gasteiger partial charge in [-0.2, -0.15) is 0 Å². The summed E-state index contributed by atoms with van der Waals surface area (Å²) in [6.07, 6.45) is 0.0173. The fraction of sp³-hybridized carbons (Fsp3) is 0.333. The zero-order chi connectivity index (χ0) is 21.0. The van der Waals surface area contributed by atoms with Crippen LogP contribution >= 0.6 is 0 Å². The summed E-state index contributed by atoms with van der Waals surface area (Å²) >= 11 is 0. The number of aliphatic hydroxyl groups is 1. The van der Waals surface area contributed by atoms with Gasteiger partial charge in [-0.1, -0.05) is 12.1 Å². The Labute approximate surface area is 169 Å². The molecule has 1 atom stereocenters. The Morgan fingerprint density at radius 1 is 1.14 bits per heavy atom. The average Bonchev–Trinajstić information content (AvgIpc) is 3.12. The number of methoxy groups -OCH3 is 2. The van der Waals surface area contributed by atoms with E-state index in [4.69, 9.17) is 9.47 Å². The van der Waals surface area contributed by atoms with Crippen LogP contribution in [0.15, 0.2) is 36.4 Å². The van der Waals surface area contributed by atoms with E-state index in [-0.39, 0.29) is 6.54 Å². The Hall–Kier alpha value is -3.26. The van der Waals surface area contributed by atoms with Crippen LogP contribution in [0.1, 0.15) is 17.2 Å². The maximum atomic E-state index is 12.2. The van der Waals surface area contributed by atoms with E-state index in [1.165, 1.54) is 19.8 Å². The van der Waals surface area contributed by atoms with Crippen molar-refractivity contribution in [3.05, 3.63) is 47.5 Å². The molecule has 0 fully saturated rings. The van der Waals surface area contributed by atoms with E-state index in [2.05, 4.69) is 15.5 Å². The molecule has 1 heterocycles. The van der Waals surface area contributed by atoms with Crippen LogP contribution in [0.4, 0.5) is 11.4 Å². The van der Waals surface area contributed by atoms with E-state index in [1.54, 1.807) is 18.2 Å². The van der Waals surface area contributed by atoms with Crippen molar-refractivity contribution in [2.45, 2.75) is 12.5 Å². The van der Waals surface area contributed by atoms with E-state index in [9.17, 15) is 14.7 Å². The summed E-state index contributed by atoms with van der Waals surface area (Å²) in [6, 6.07) is 10.6. The smallest absolute Gasteiger partial charge is 0.313 e. The standard InChI is InChI=1S/C21H25N3O5/c1-24-9-8-13-10-14(4-7-17(13)24)18(25)12-22-20(26)21(27)23-16-6-5-15(28-2)11-19(16)29-3/h4-7,10-11,18,25H,8-9,12H2,1-3H3,(H,22,26)(H,23,27). The third kappa shape index (κ3) is 4.60. The van der Waals surface area contributed by atoms with Crippen LogP contribution in [0.2, 0.25) is 0 Å². The van der Waals surface area contributed by atoms with Crippen LogP contribution in [0.3, 0.4) is 0 Å². The number of ether oxygens (including phenoxy) is 2. The molecule has 3 N–H and O–H groups in total. The molecule has 154 valence electrons. The Balaban J connectivity index is 1.57. The zero-order valence-electron chi connectivity index (χ0n) is 16.7. The number of nitrogens with one attached hydrogen (secondary N) is 2. The maximum Gasteiger partial charge on any atom is 0.313 e. The van der Waals surface area contributed by atoms with Gasteiger partial charge in [0.2, 0.25) is 0 Å². The first-order chi connectivity index (χ1) is 13.9. The van der Waals surface area contributed by atoms with Crippen LogP contribution in [-0.2, 0) is 16.0 Å². The fourth-order valence-corrected chi connectivity index (χ4v) is 3.26. The Morgan fingerprint density at radius 3 is 2.66 bits per heavy atom. The largest absolute Gasteiger partial charge is 0.497 e. The van der Waals surface area contributed by atoms with Gasteiger partial charge in [0.15, 0.2) is 0 Å². The van der Waals surface area contributed by atoms with Gasteiger partial charge in [0.25, 0.3) is 0 Å².